The van der Waals surface area contributed by atoms with Crippen molar-refractivity contribution in [3.05, 3.63) is 35.2 Å². The van der Waals surface area contributed by atoms with E-state index in [1.165, 1.54) is 16.0 Å². The van der Waals surface area contributed by atoms with Gasteiger partial charge in [-0.05, 0) is 46.3 Å². The number of benzene rings is 1. The number of hydrogen-bond acceptors (Lipinski definition) is 6. The lowest BCUT2D eigenvalue weighted by atomic mass is 10.1. The fourth-order valence-electron chi connectivity index (χ4n) is 2.08. The van der Waals surface area contributed by atoms with Crippen LogP contribution in [0.25, 0.3) is 21.8 Å². The van der Waals surface area contributed by atoms with Gasteiger partial charge in [0.15, 0.2) is 5.82 Å². The van der Waals surface area contributed by atoms with Gasteiger partial charge in [0.2, 0.25) is 0 Å². The Kier molecular flexibility index (Phi) is 3.60. The molecule has 3 aromatic rings. The molecule has 2 aromatic heterocycles. The molecule has 3 rings (SSSR count). The molecule has 1 N–H and O–H groups in total. The highest BCUT2D eigenvalue weighted by Gasteiger charge is 2.20. The highest BCUT2D eigenvalue weighted by molar-refractivity contribution is 7.18. The van der Waals surface area contributed by atoms with Crippen LogP contribution in [-0.4, -0.2) is 38.4 Å². The Balaban J connectivity index is 2.16. The number of aromatic carboxylic acids is 1. The van der Waals surface area contributed by atoms with Gasteiger partial charge in [-0.3, -0.25) is 0 Å². The molecule has 0 aliphatic heterocycles. The molecule has 112 valence electrons. The van der Waals surface area contributed by atoms with Crippen molar-refractivity contribution in [2.24, 2.45) is 7.05 Å². The van der Waals surface area contributed by atoms with Gasteiger partial charge in [-0.2, -0.15) is 0 Å². The molecule has 0 amide bonds. The van der Waals surface area contributed by atoms with E-state index in [-0.39, 0.29) is 4.88 Å². The predicted molar refractivity (Wildman–Crippen MR) is 81.1 cm³/mol. The maximum atomic E-state index is 11.3. The van der Waals surface area contributed by atoms with E-state index >= 15 is 0 Å². The summed E-state index contributed by atoms with van der Waals surface area (Å²) >= 11 is 1.19. The minimum Gasteiger partial charge on any atom is -0.497 e. The first-order valence-electron chi connectivity index (χ1n) is 6.34. The van der Waals surface area contributed by atoms with Gasteiger partial charge in [0.05, 0.1) is 7.11 Å². The van der Waals surface area contributed by atoms with Gasteiger partial charge >= 0.3 is 5.97 Å². The number of methoxy groups -OCH3 is 1. The third-order valence-corrected chi connectivity index (χ3v) is 4.33. The summed E-state index contributed by atoms with van der Waals surface area (Å²) in [5.74, 6) is 0.288. The number of aryl methyl sites for hydroxylation is 1. The van der Waals surface area contributed by atoms with Gasteiger partial charge in [0.25, 0.3) is 0 Å². The van der Waals surface area contributed by atoms with Gasteiger partial charge in [-0.15, -0.1) is 16.4 Å². The maximum Gasteiger partial charge on any atom is 0.345 e. The van der Waals surface area contributed by atoms with Crippen molar-refractivity contribution in [1.82, 2.24) is 20.2 Å². The number of aromatic nitrogens is 4. The van der Waals surface area contributed by atoms with Gasteiger partial charge in [-0.25, -0.2) is 9.48 Å². The van der Waals surface area contributed by atoms with Crippen LogP contribution in [0.1, 0.15) is 9.67 Å². The topological polar surface area (TPSA) is 90.1 Å². The first-order valence-corrected chi connectivity index (χ1v) is 7.16. The van der Waals surface area contributed by atoms with Crippen molar-refractivity contribution in [3.8, 4) is 27.6 Å². The molecule has 0 saturated heterocycles. The number of rotatable bonds is 4. The van der Waals surface area contributed by atoms with E-state index in [4.69, 9.17) is 4.74 Å². The number of thiophene rings is 1. The van der Waals surface area contributed by atoms with Gasteiger partial charge in [0.1, 0.15) is 10.6 Å². The van der Waals surface area contributed by atoms with Gasteiger partial charge in [0, 0.05) is 17.5 Å². The summed E-state index contributed by atoms with van der Waals surface area (Å²) in [4.78, 5) is 12.3. The summed E-state index contributed by atoms with van der Waals surface area (Å²) in [6.45, 7) is 0. The monoisotopic (exact) mass is 316 g/mol. The molecule has 0 fully saturated rings. The third kappa shape index (κ3) is 2.44. The molecule has 0 aliphatic rings. The molecule has 8 heteroatoms. The standard InChI is InChI=1S/C14H12N4O3S/c1-18-13(15-16-17-18)10-7-11(14(19)20)22-12(10)8-3-5-9(21-2)6-4-8/h3-7H,1-2H3,(H,19,20). The molecule has 1 aromatic carbocycles. The van der Waals surface area contributed by atoms with Crippen molar-refractivity contribution in [2.75, 3.05) is 7.11 Å². The van der Waals surface area contributed by atoms with Crippen molar-refractivity contribution in [3.63, 3.8) is 0 Å². The normalized spacial score (nSPS) is 10.6. The number of carboxylic acid groups (broad SMARTS) is 1. The van der Waals surface area contributed by atoms with Crippen LogP contribution >= 0.6 is 11.3 Å². The van der Waals surface area contributed by atoms with E-state index in [2.05, 4.69) is 15.5 Å². The van der Waals surface area contributed by atoms with Crippen LogP contribution in [0.2, 0.25) is 0 Å². The van der Waals surface area contributed by atoms with Crippen LogP contribution in [-0.2, 0) is 7.05 Å². The average Bonchev–Trinajstić information content (AvgIpc) is 3.13. The summed E-state index contributed by atoms with van der Waals surface area (Å²) < 4.78 is 6.66. The Morgan fingerprint density at radius 3 is 2.59 bits per heavy atom. The number of carboxylic acids is 1. The molecule has 0 atom stereocenters. The Hall–Kier alpha value is -2.74. The molecule has 22 heavy (non-hydrogen) atoms. The van der Waals surface area contributed by atoms with Crippen LogP contribution < -0.4 is 4.74 Å². The fraction of sp³-hybridized carbons (Fsp3) is 0.143. The highest BCUT2D eigenvalue weighted by Crippen LogP contribution is 2.38. The fourth-order valence-corrected chi connectivity index (χ4v) is 3.08. The Morgan fingerprint density at radius 1 is 1.32 bits per heavy atom. The summed E-state index contributed by atoms with van der Waals surface area (Å²) in [5, 5.41) is 20.6. The average molecular weight is 316 g/mol. The van der Waals surface area contributed by atoms with E-state index in [0.717, 1.165) is 16.2 Å². The summed E-state index contributed by atoms with van der Waals surface area (Å²) in [6, 6.07) is 9.01. The second kappa shape index (κ2) is 5.57. The number of nitrogens with zero attached hydrogens (tertiary/aromatic N) is 4. The van der Waals surface area contributed by atoms with Crippen molar-refractivity contribution in [1.29, 1.82) is 0 Å². The van der Waals surface area contributed by atoms with Crippen LogP contribution in [0.5, 0.6) is 5.75 Å². The van der Waals surface area contributed by atoms with E-state index in [9.17, 15) is 9.90 Å². The lowest BCUT2D eigenvalue weighted by Gasteiger charge is -2.04. The minimum atomic E-state index is -0.971. The zero-order valence-electron chi connectivity index (χ0n) is 11.8. The number of hydrogen-bond donors (Lipinski definition) is 1. The smallest absolute Gasteiger partial charge is 0.345 e. The molecule has 7 nitrogen and oxygen atoms in total. The number of ether oxygens (including phenoxy) is 1. The van der Waals surface area contributed by atoms with E-state index < -0.39 is 5.97 Å². The maximum absolute atomic E-state index is 11.3. The quantitative estimate of drug-likeness (QED) is 0.794. The molecule has 2 heterocycles. The second-order valence-electron chi connectivity index (χ2n) is 4.51. The number of carbonyl (C=O) groups is 1. The molecule has 0 radical (unpaired) electrons. The SMILES string of the molecule is COc1ccc(-c2sc(C(=O)O)cc2-c2nnnn2C)cc1. The zero-order chi connectivity index (χ0) is 15.7. The Labute approximate surface area is 129 Å². The van der Waals surface area contributed by atoms with Crippen LogP contribution in [0, 0.1) is 0 Å². The van der Waals surface area contributed by atoms with E-state index in [0.29, 0.717) is 11.4 Å². The third-order valence-electron chi connectivity index (χ3n) is 3.16. The highest BCUT2D eigenvalue weighted by atomic mass is 32.1. The van der Waals surface area contributed by atoms with Crippen LogP contribution in [0.4, 0.5) is 0 Å². The lowest BCUT2D eigenvalue weighted by molar-refractivity contribution is 0.0702. The first-order chi connectivity index (χ1) is 10.6. The molecular formula is C14H12N4O3S. The Bertz CT molecular complexity index is 823. The minimum absolute atomic E-state index is 0.240. The molecule has 0 spiro atoms. The lowest BCUT2D eigenvalue weighted by Crippen LogP contribution is -1.95. The van der Waals surface area contributed by atoms with Crippen LogP contribution in [0.3, 0.4) is 0 Å². The van der Waals surface area contributed by atoms with Gasteiger partial charge in [-0.1, -0.05) is 0 Å². The Morgan fingerprint density at radius 2 is 2.05 bits per heavy atom. The predicted octanol–water partition coefficient (Wildman–Crippen LogP) is 2.31. The molecule has 0 bridgehead atoms. The van der Waals surface area contributed by atoms with Crippen LogP contribution in [0.15, 0.2) is 30.3 Å². The summed E-state index contributed by atoms with van der Waals surface area (Å²) in [5.41, 5.74) is 1.58. The van der Waals surface area contributed by atoms with E-state index in [1.54, 1.807) is 20.2 Å². The molecular weight excluding hydrogens is 304 g/mol. The van der Waals surface area contributed by atoms with Gasteiger partial charge < -0.3 is 9.84 Å². The molecule has 0 aliphatic carbocycles. The zero-order valence-corrected chi connectivity index (χ0v) is 12.7. The van der Waals surface area contributed by atoms with E-state index in [1.807, 2.05) is 24.3 Å². The second-order valence-corrected chi connectivity index (χ2v) is 5.57. The molecule has 0 saturated carbocycles. The largest absolute Gasteiger partial charge is 0.497 e. The van der Waals surface area contributed by atoms with Crippen molar-refractivity contribution >= 4 is 17.3 Å². The molecule has 0 unspecified atom stereocenters. The van der Waals surface area contributed by atoms with Crippen molar-refractivity contribution in [2.45, 2.75) is 0 Å². The van der Waals surface area contributed by atoms with Crippen molar-refractivity contribution < 1.29 is 14.6 Å². The summed E-state index contributed by atoms with van der Waals surface area (Å²) in [6.07, 6.45) is 0. The first kappa shape index (κ1) is 14.2. The summed E-state index contributed by atoms with van der Waals surface area (Å²) in [7, 11) is 3.31. The number of tetrazole rings is 1.